The van der Waals surface area contributed by atoms with Gasteiger partial charge in [-0.15, -0.1) is 0 Å². The fourth-order valence-electron chi connectivity index (χ4n) is 3.50. The summed E-state index contributed by atoms with van der Waals surface area (Å²) in [7, 11) is 1.63. The van der Waals surface area contributed by atoms with Gasteiger partial charge in [-0.25, -0.2) is 0 Å². The summed E-state index contributed by atoms with van der Waals surface area (Å²) in [6.07, 6.45) is 6.40. The van der Waals surface area contributed by atoms with Crippen molar-refractivity contribution in [3.8, 4) is 5.75 Å². The lowest BCUT2D eigenvalue weighted by Gasteiger charge is -2.22. The molecule has 0 unspecified atom stereocenters. The lowest BCUT2D eigenvalue weighted by molar-refractivity contribution is -0.131. The first-order valence-electron chi connectivity index (χ1n) is 7.61. The van der Waals surface area contributed by atoms with E-state index < -0.39 is 0 Å². The number of fused-ring (bicyclic) bond motifs is 1. The first-order chi connectivity index (χ1) is 10.3. The van der Waals surface area contributed by atoms with E-state index in [1.165, 1.54) is 0 Å². The minimum Gasteiger partial charge on any atom is -0.488 e. The van der Waals surface area contributed by atoms with Crippen molar-refractivity contribution in [3.05, 3.63) is 24.5 Å². The Hall–Kier alpha value is -1.62. The van der Waals surface area contributed by atoms with Crippen molar-refractivity contribution in [2.75, 3.05) is 26.8 Å². The second kappa shape index (κ2) is 6.43. The summed E-state index contributed by atoms with van der Waals surface area (Å²) in [5.41, 5.74) is 0. The monoisotopic (exact) mass is 290 g/mol. The number of hydrogen-bond acceptors (Lipinski definition) is 4. The van der Waals surface area contributed by atoms with E-state index in [-0.39, 0.29) is 12.0 Å². The zero-order chi connectivity index (χ0) is 14.7. The number of likely N-dealkylation sites (tertiary alicyclic amines) is 1. The SMILES string of the molecule is COCCC(=O)N1C[C@H]2CC[C@@H](Oc3cccnc3)[C@H]2C1. The maximum absolute atomic E-state index is 12.1. The van der Waals surface area contributed by atoms with Crippen LogP contribution in [0.3, 0.4) is 0 Å². The van der Waals surface area contributed by atoms with Crippen LogP contribution in [-0.2, 0) is 9.53 Å². The molecule has 1 saturated heterocycles. The zero-order valence-corrected chi connectivity index (χ0v) is 12.4. The van der Waals surface area contributed by atoms with Gasteiger partial charge in [-0.05, 0) is 30.9 Å². The van der Waals surface area contributed by atoms with Gasteiger partial charge in [-0.3, -0.25) is 9.78 Å². The lowest BCUT2D eigenvalue weighted by atomic mass is 9.99. The Morgan fingerprint density at radius 1 is 1.43 bits per heavy atom. The van der Waals surface area contributed by atoms with Gasteiger partial charge in [0.15, 0.2) is 0 Å². The number of hydrogen-bond donors (Lipinski definition) is 0. The highest BCUT2D eigenvalue weighted by Gasteiger charge is 2.45. The molecule has 3 atom stereocenters. The number of rotatable bonds is 5. The van der Waals surface area contributed by atoms with Crippen LogP contribution < -0.4 is 4.74 Å². The maximum Gasteiger partial charge on any atom is 0.224 e. The predicted octanol–water partition coefficient (Wildman–Crippen LogP) is 1.73. The fraction of sp³-hybridized carbons (Fsp3) is 0.625. The van der Waals surface area contributed by atoms with Crippen LogP contribution in [0, 0.1) is 11.8 Å². The number of ether oxygens (including phenoxy) is 2. The predicted molar refractivity (Wildman–Crippen MR) is 77.9 cm³/mol. The van der Waals surface area contributed by atoms with Gasteiger partial charge in [-0.2, -0.15) is 0 Å². The van der Waals surface area contributed by atoms with Gasteiger partial charge >= 0.3 is 0 Å². The summed E-state index contributed by atoms with van der Waals surface area (Å²) in [5.74, 6) is 2.06. The van der Waals surface area contributed by atoms with E-state index in [9.17, 15) is 4.79 Å². The molecule has 0 bridgehead atoms. The van der Waals surface area contributed by atoms with Crippen molar-refractivity contribution in [2.24, 2.45) is 11.8 Å². The van der Waals surface area contributed by atoms with E-state index >= 15 is 0 Å². The molecule has 0 N–H and O–H groups in total. The smallest absolute Gasteiger partial charge is 0.224 e. The Morgan fingerprint density at radius 2 is 2.33 bits per heavy atom. The molecule has 1 aliphatic heterocycles. The van der Waals surface area contributed by atoms with Gasteiger partial charge in [-0.1, -0.05) is 0 Å². The van der Waals surface area contributed by atoms with E-state index in [2.05, 4.69) is 4.98 Å². The molecule has 1 amide bonds. The number of nitrogens with zero attached hydrogens (tertiary/aromatic N) is 2. The highest BCUT2D eigenvalue weighted by Crippen LogP contribution is 2.40. The zero-order valence-electron chi connectivity index (χ0n) is 12.4. The van der Waals surface area contributed by atoms with Crippen LogP contribution in [0.1, 0.15) is 19.3 Å². The molecule has 0 aromatic carbocycles. The molecule has 0 radical (unpaired) electrons. The van der Waals surface area contributed by atoms with Crippen LogP contribution in [-0.4, -0.2) is 48.7 Å². The summed E-state index contributed by atoms with van der Waals surface area (Å²) in [4.78, 5) is 18.2. The number of amides is 1. The van der Waals surface area contributed by atoms with E-state index in [1.807, 2.05) is 17.0 Å². The summed E-state index contributed by atoms with van der Waals surface area (Å²) in [6.45, 7) is 2.19. The van der Waals surface area contributed by atoms with Crippen molar-refractivity contribution in [1.82, 2.24) is 9.88 Å². The largest absolute Gasteiger partial charge is 0.488 e. The molecule has 21 heavy (non-hydrogen) atoms. The van der Waals surface area contributed by atoms with Crippen LogP contribution in [0.4, 0.5) is 0 Å². The third-order valence-corrected chi connectivity index (χ3v) is 4.59. The second-order valence-corrected chi connectivity index (χ2v) is 5.89. The summed E-state index contributed by atoms with van der Waals surface area (Å²) >= 11 is 0. The van der Waals surface area contributed by atoms with Crippen molar-refractivity contribution >= 4 is 5.91 Å². The minimum absolute atomic E-state index is 0.200. The molecule has 1 aromatic heterocycles. The Labute approximate surface area is 125 Å². The Bertz CT molecular complexity index is 480. The van der Waals surface area contributed by atoms with Gasteiger partial charge in [0.1, 0.15) is 11.9 Å². The second-order valence-electron chi connectivity index (χ2n) is 5.89. The Morgan fingerprint density at radius 3 is 3.10 bits per heavy atom. The number of pyridine rings is 1. The van der Waals surface area contributed by atoms with Crippen molar-refractivity contribution < 1.29 is 14.3 Å². The molecular formula is C16H22N2O3. The Kier molecular flexibility index (Phi) is 4.39. The summed E-state index contributed by atoms with van der Waals surface area (Å²) in [5, 5.41) is 0. The third kappa shape index (κ3) is 3.18. The number of methoxy groups -OCH3 is 1. The first-order valence-corrected chi connectivity index (χ1v) is 7.61. The third-order valence-electron chi connectivity index (χ3n) is 4.59. The molecule has 0 spiro atoms. The van der Waals surface area contributed by atoms with Crippen LogP contribution in [0.15, 0.2) is 24.5 Å². The number of carbonyl (C=O) groups excluding carboxylic acids is 1. The summed E-state index contributed by atoms with van der Waals surface area (Å²) < 4.78 is 11.1. The van der Waals surface area contributed by atoms with E-state index in [0.29, 0.717) is 24.9 Å². The summed E-state index contributed by atoms with van der Waals surface area (Å²) in [6, 6.07) is 3.83. The molecule has 1 saturated carbocycles. The molecule has 1 aliphatic carbocycles. The highest BCUT2D eigenvalue weighted by molar-refractivity contribution is 5.76. The van der Waals surface area contributed by atoms with Gasteiger partial charge in [0.05, 0.1) is 19.2 Å². The molecule has 5 heteroatoms. The van der Waals surface area contributed by atoms with Crippen molar-refractivity contribution in [2.45, 2.75) is 25.4 Å². The number of carbonyl (C=O) groups is 1. The highest BCUT2D eigenvalue weighted by atomic mass is 16.5. The molecule has 2 aliphatic rings. The molecule has 3 rings (SSSR count). The normalized spacial score (nSPS) is 27.7. The molecule has 5 nitrogen and oxygen atoms in total. The van der Waals surface area contributed by atoms with Gasteiger partial charge < -0.3 is 14.4 Å². The minimum atomic E-state index is 0.200. The van der Waals surface area contributed by atoms with Crippen molar-refractivity contribution in [1.29, 1.82) is 0 Å². The van der Waals surface area contributed by atoms with Crippen LogP contribution >= 0.6 is 0 Å². The quantitative estimate of drug-likeness (QED) is 0.829. The van der Waals surface area contributed by atoms with Gasteiger partial charge in [0.25, 0.3) is 0 Å². The van der Waals surface area contributed by atoms with E-state index in [0.717, 1.165) is 31.7 Å². The first kappa shape index (κ1) is 14.3. The van der Waals surface area contributed by atoms with E-state index in [1.54, 1.807) is 19.5 Å². The van der Waals surface area contributed by atoms with Gasteiger partial charge in [0, 0.05) is 32.3 Å². The average molecular weight is 290 g/mol. The van der Waals surface area contributed by atoms with E-state index in [4.69, 9.17) is 9.47 Å². The average Bonchev–Trinajstić information content (AvgIpc) is 3.08. The molecular weight excluding hydrogens is 268 g/mol. The van der Waals surface area contributed by atoms with Gasteiger partial charge in [0.2, 0.25) is 5.91 Å². The molecule has 1 aromatic rings. The molecule has 2 fully saturated rings. The van der Waals surface area contributed by atoms with Crippen LogP contribution in [0.2, 0.25) is 0 Å². The van der Waals surface area contributed by atoms with Crippen molar-refractivity contribution in [3.63, 3.8) is 0 Å². The lowest BCUT2D eigenvalue weighted by Crippen LogP contribution is -2.32. The Balaban J connectivity index is 1.57. The maximum atomic E-state index is 12.1. The fourth-order valence-corrected chi connectivity index (χ4v) is 3.50. The number of aromatic nitrogens is 1. The standard InChI is InChI=1S/C16H22N2O3/c1-20-8-6-16(19)18-10-12-4-5-15(14(12)11-18)21-13-3-2-7-17-9-13/h2-3,7,9,12,14-15H,4-6,8,10-11H2,1H3/t12-,14+,15-/m1/s1. The topological polar surface area (TPSA) is 51.7 Å². The van der Waals surface area contributed by atoms with Crippen LogP contribution in [0.5, 0.6) is 5.75 Å². The van der Waals surface area contributed by atoms with Crippen LogP contribution in [0.25, 0.3) is 0 Å². The molecule has 2 heterocycles. The molecule has 114 valence electrons.